The predicted octanol–water partition coefficient (Wildman–Crippen LogP) is 4.09. The average Bonchev–Trinajstić information content (AvgIpc) is 2.73. The number of carbonyl (C=O) groups excluding carboxylic acids is 1. The number of thiocarbonyl (C=S) groups is 1. The molecule has 0 bridgehead atoms. The fraction of sp³-hybridized carbons (Fsp3) is 0.273. The molecule has 9 heteroatoms. The number of anilines is 1. The number of rotatable bonds is 6. The van der Waals surface area contributed by atoms with Crippen LogP contribution in [0.15, 0.2) is 59.8 Å². The van der Waals surface area contributed by atoms with E-state index in [9.17, 15) is 13.6 Å². The first-order chi connectivity index (χ1) is 14.7. The summed E-state index contributed by atoms with van der Waals surface area (Å²) in [5.74, 6) is 0.439. The first-order valence-corrected chi connectivity index (χ1v) is 9.86. The molecule has 1 amide bonds. The number of allylic oxidation sites excluding steroid dienone is 1. The van der Waals surface area contributed by atoms with Crippen LogP contribution in [0.5, 0.6) is 11.5 Å². The van der Waals surface area contributed by atoms with Crippen LogP contribution in [0.4, 0.5) is 14.5 Å². The molecule has 1 aliphatic heterocycles. The van der Waals surface area contributed by atoms with Crippen LogP contribution < -0.4 is 19.7 Å². The molecule has 1 aliphatic rings. The SMILES string of the molecule is COc1ccccc1N1C(=S)NC(c2ccc(OC(F)F)cc2)C(C(=O)N(C)C)=C1C. The number of carbonyl (C=O) groups is 1. The Labute approximate surface area is 185 Å². The molecule has 2 aromatic rings. The van der Waals surface area contributed by atoms with E-state index in [0.29, 0.717) is 33.4 Å². The number of nitrogens with zero attached hydrogens (tertiary/aromatic N) is 2. The Hall–Kier alpha value is -3.20. The van der Waals surface area contributed by atoms with Gasteiger partial charge in [-0.3, -0.25) is 9.69 Å². The molecule has 0 spiro atoms. The summed E-state index contributed by atoms with van der Waals surface area (Å²) in [6, 6.07) is 12.9. The van der Waals surface area contributed by atoms with Crippen molar-refractivity contribution in [1.29, 1.82) is 0 Å². The van der Waals surface area contributed by atoms with Gasteiger partial charge in [-0.2, -0.15) is 8.78 Å². The van der Waals surface area contributed by atoms with Gasteiger partial charge in [-0.15, -0.1) is 0 Å². The summed E-state index contributed by atoms with van der Waals surface area (Å²) in [5, 5.41) is 3.60. The van der Waals surface area contributed by atoms with Crippen molar-refractivity contribution in [2.45, 2.75) is 19.6 Å². The second-order valence-electron chi connectivity index (χ2n) is 7.04. The average molecular weight is 448 g/mol. The van der Waals surface area contributed by atoms with Crippen LogP contribution in [0.2, 0.25) is 0 Å². The largest absolute Gasteiger partial charge is 0.495 e. The molecule has 2 aromatic carbocycles. The van der Waals surface area contributed by atoms with E-state index in [4.69, 9.17) is 17.0 Å². The number of likely N-dealkylation sites (N-methyl/N-ethyl adjacent to an activating group) is 1. The lowest BCUT2D eigenvalue weighted by Crippen LogP contribution is -2.49. The van der Waals surface area contributed by atoms with Crippen molar-refractivity contribution >= 4 is 28.9 Å². The summed E-state index contributed by atoms with van der Waals surface area (Å²) in [7, 11) is 4.90. The highest BCUT2D eigenvalue weighted by molar-refractivity contribution is 7.80. The fourth-order valence-electron chi connectivity index (χ4n) is 3.46. The Morgan fingerprint density at radius 2 is 1.81 bits per heavy atom. The van der Waals surface area contributed by atoms with E-state index in [-0.39, 0.29) is 11.7 Å². The molecule has 6 nitrogen and oxygen atoms in total. The van der Waals surface area contributed by atoms with E-state index in [2.05, 4.69) is 10.1 Å². The van der Waals surface area contributed by atoms with Crippen molar-refractivity contribution in [1.82, 2.24) is 10.2 Å². The highest BCUT2D eigenvalue weighted by Gasteiger charge is 2.36. The molecule has 3 rings (SSSR count). The zero-order chi connectivity index (χ0) is 22.7. The number of para-hydroxylation sites is 2. The van der Waals surface area contributed by atoms with E-state index in [1.807, 2.05) is 31.2 Å². The van der Waals surface area contributed by atoms with E-state index in [0.717, 1.165) is 0 Å². The molecule has 164 valence electrons. The smallest absolute Gasteiger partial charge is 0.387 e. The van der Waals surface area contributed by atoms with Gasteiger partial charge in [-0.1, -0.05) is 24.3 Å². The molecule has 0 aliphatic carbocycles. The number of ether oxygens (including phenoxy) is 2. The molecule has 1 unspecified atom stereocenters. The van der Waals surface area contributed by atoms with Crippen LogP contribution in [-0.2, 0) is 4.79 Å². The molecule has 0 radical (unpaired) electrons. The Kier molecular flexibility index (Phi) is 6.74. The lowest BCUT2D eigenvalue weighted by molar-refractivity contribution is -0.125. The predicted molar refractivity (Wildman–Crippen MR) is 118 cm³/mol. The molecule has 31 heavy (non-hydrogen) atoms. The third-order valence-corrected chi connectivity index (χ3v) is 5.19. The maximum Gasteiger partial charge on any atom is 0.387 e. The van der Waals surface area contributed by atoms with Crippen molar-refractivity contribution in [3.63, 3.8) is 0 Å². The van der Waals surface area contributed by atoms with Crippen LogP contribution >= 0.6 is 12.2 Å². The summed E-state index contributed by atoms with van der Waals surface area (Å²) in [4.78, 5) is 16.4. The number of hydrogen-bond donors (Lipinski definition) is 1. The van der Waals surface area contributed by atoms with Crippen molar-refractivity contribution in [3.8, 4) is 11.5 Å². The molecule has 1 atom stereocenters. The molecule has 0 saturated heterocycles. The van der Waals surface area contributed by atoms with E-state index < -0.39 is 12.7 Å². The molecule has 1 N–H and O–H groups in total. The lowest BCUT2D eigenvalue weighted by atomic mass is 9.93. The number of halogens is 2. The maximum atomic E-state index is 13.1. The van der Waals surface area contributed by atoms with Crippen molar-refractivity contribution in [3.05, 3.63) is 65.4 Å². The standard InChI is InChI=1S/C22H23F2N3O3S/c1-13-18(20(28)26(2)3)19(14-9-11-15(12-10-14)30-21(23)24)25-22(31)27(13)16-7-5-6-8-17(16)29-4/h5-12,19,21H,1-4H3,(H,25,31). The first kappa shape index (κ1) is 22.5. The molecule has 0 fully saturated rings. The second-order valence-corrected chi connectivity index (χ2v) is 7.42. The minimum atomic E-state index is -2.91. The Morgan fingerprint density at radius 1 is 1.16 bits per heavy atom. The molecule has 0 aromatic heterocycles. The number of amides is 1. The van der Waals surface area contributed by atoms with Crippen molar-refractivity contribution < 1.29 is 23.0 Å². The van der Waals surface area contributed by atoms with Gasteiger partial charge in [-0.05, 0) is 49.0 Å². The van der Waals surface area contributed by atoms with Crippen molar-refractivity contribution in [2.75, 3.05) is 26.1 Å². The first-order valence-electron chi connectivity index (χ1n) is 9.45. The monoisotopic (exact) mass is 447 g/mol. The molecule has 1 heterocycles. The zero-order valence-electron chi connectivity index (χ0n) is 17.6. The van der Waals surface area contributed by atoms with Gasteiger partial charge < -0.3 is 19.7 Å². The molecule has 0 saturated carbocycles. The van der Waals surface area contributed by atoms with E-state index in [1.54, 1.807) is 38.2 Å². The minimum Gasteiger partial charge on any atom is -0.495 e. The summed E-state index contributed by atoms with van der Waals surface area (Å²) in [5.41, 5.74) is 2.51. The summed E-state index contributed by atoms with van der Waals surface area (Å²) < 4.78 is 34.8. The van der Waals surface area contributed by atoms with Crippen LogP contribution in [-0.4, -0.2) is 43.7 Å². The highest BCUT2D eigenvalue weighted by atomic mass is 32.1. The fourth-order valence-corrected chi connectivity index (χ4v) is 3.81. The van der Waals surface area contributed by atoms with Gasteiger partial charge in [-0.25, -0.2) is 0 Å². The quantitative estimate of drug-likeness (QED) is 0.673. The summed E-state index contributed by atoms with van der Waals surface area (Å²) in [6.07, 6.45) is 0. The van der Waals surface area contributed by atoms with Crippen LogP contribution in [0, 0.1) is 0 Å². The Bertz CT molecular complexity index is 1010. The van der Waals surface area contributed by atoms with Crippen LogP contribution in [0.25, 0.3) is 0 Å². The van der Waals surface area contributed by atoms with Gasteiger partial charge >= 0.3 is 6.61 Å². The number of alkyl halides is 2. The third kappa shape index (κ3) is 4.61. The van der Waals surface area contributed by atoms with Crippen LogP contribution in [0.3, 0.4) is 0 Å². The number of hydrogen-bond acceptors (Lipinski definition) is 4. The van der Waals surface area contributed by atoms with Gasteiger partial charge in [0.05, 0.1) is 24.4 Å². The van der Waals surface area contributed by atoms with Crippen molar-refractivity contribution in [2.24, 2.45) is 0 Å². The second kappa shape index (κ2) is 9.30. The van der Waals surface area contributed by atoms with E-state index in [1.165, 1.54) is 17.0 Å². The summed E-state index contributed by atoms with van der Waals surface area (Å²) in [6.45, 7) is -1.09. The van der Waals surface area contributed by atoms with Gasteiger partial charge in [0.2, 0.25) is 0 Å². The molecular formula is C22H23F2N3O3S. The van der Waals surface area contributed by atoms with Gasteiger partial charge in [0.1, 0.15) is 11.5 Å². The number of nitrogens with one attached hydrogen (secondary N) is 1. The van der Waals surface area contributed by atoms with Crippen LogP contribution in [0.1, 0.15) is 18.5 Å². The van der Waals surface area contributed by atoms with Gasteiger partial charge in [0, 0.05) is 19.8 Å². The minimum absolute atomic E-state index is 0.0361. The maximum absolute atomic E-state index is 13.1. The van der Waals surface area contributed by atoms with Gasteiger partial charge in [0.15, 0.2) is 5.11 Å². The normalized spacial score (nSPS) is 16.3. The van der Waals surface area contributed by atoms with Gasteiger partial charge in [0.25, 0.3) is 5.91 Å². The molecular weight excluding hydrogens is 424 g/mol. The Balaban J connectivity index is 2.10. The Morgan fingerprint density at radius 3 is 2.39 bits per heavy atom. The number of benzene rings is 2. The third-order valence-electron chi connectivity index (χ3n) is 4.89. The topological polar surface area (TPSA) is 54.0 Å². The highest BCUT2D eigenvalue weighted by Crippen LogP contribution is 2.38. The lowest BCUT2D eigenvalue weighted by Gasteiger charge is -2.39. The number of methoxy groups -OCH3 is 1. The van der Waals surface area contributed by atoms with E-state index >= 15 is 0 Å². The summed E-state index contributed by atoms with van der Waals surface area (Å²) >= 11 is 5.64. The zero-order valence-corrected chi connectivity index (χ0v) is 18.4.